The summed E-state index contributed by atoms with van der Waals surface area (Å²) in [7, 11) is 1.40. The predicted molar refractivity (Wildman–Crippen MR) is 138 cm³/mol. The molecule has 3 aliphatic rings. The molecule has 0 unspecified atom stereocenters. The minimum atomic E-state index is -0.343. The van der Waals surface area contributed by atoms with Gasteiger partial charge in [0.25, 0.3) is 0 Å². The van der Waals surface area contributed by atoms with Crippen molar-refractivity contribution < 1.29 is 13.9 Å². The molecule has 0 bridgehead atoms. The van der Waals surface area contributed by atoms with Gasteiger partial charge in [-0.05, 0) is 96.7 Å². The van der Waals surface area contributed by atoms with E-state index in [4.69, 9.17) is 9.72 Å². The Kier molecular flexibility index (Phi) is 6.63. The van der Waals surface area contributed by atoms with Crippen LogP contribution in [-0.2, 0) is 11.2 Å². The van der Waals surface area contributed by atoms with Crippen LogP contribution in [0.1, 0.15) is 85.1 Å². The number of fused-ring (bicyclic) bond motifs is 1. The van der Waals surface area contributed by atoms with Crippen molar-refractivity contribution in [2.75, 3.05) is 20.2 Å². The number of carbonyl (C=O) groups is 1. The van der Waals surface area contributed by atoms with Crippen LogP contribution in [0, 0.1) is 17.2 Å². The fourth-order valence-electron chi connectivity index (χ4n) is 5.81. The molecule has 0 amide bonds. The number of benzene rings is 1. The normalized spacial score (nSPS) is 20.1. The van der Waals surface area contributed by atoms with Crippen molar-refractivity contribution in [2.24, 2.45) is 11.3 Å². The van der Waals surface area contributed by atoms with Gasteiger partial charge in [0.15, 0.2) is 0 Å². The molecule has 2 aromatic rings. The number of hydrogen-bond donors (Lipinski definition) is 1. The first-order valence-corrected chi connectivity index (χ1v) is 12.9. The van der Waals surface area contributed by atoms with Gasteiger partial charge in [-0.2, -0.15) is 0 Å². The molecule has 0 atom stereocenters. The highest BCUT2D eigenvalue weighted by molar-refractivity contribution is 5.91. The smallest absolute Gasteiger partial charge is 0.337 e. The molecule has 1 aliphatic heterocycles. The average Bonchev–Trinajstić information content (AvgIpc) is 3.00. The van der Waals surface area contributed by atoms with Crippen LogP contribution in [0.5, 0.6) is 0 Å². The highest BCUT2D eigenvalue weighted by atomic mass is 19.1. The molecule has 2 heterocycles. The van der Waals surface area contributed by atoms with Crippen molar-refractivity contribution in [1.82, 2.24) is 10.3 Å². The van der Waals surface area contributed by atoms with Gasteiger partial charge in [0.1, 0.15) is 11.5 Å². The topological polar surface area (TPSA) is 51.2 Å². The van der Waals surface area contributed by atoms with Crippen LogP contribution in [0.2, 0.25) is 0 Å². The number of nitrogens with zero attached hydrogens (tertiary/aromatic N) is 1. The van der Waals surface area contributed by atoms with Gasteiger partial charge in [-0.3, -0.25) is 4.98 Å². The SMILES string of the molecule is COC(=O)c1ccc2c(c1)CCCC(C1CCC(C)(C)CC1)=C2c1ncc(C=C2CNC2)cc1F. The van der Waals surface area contributed by atoms with Crippen molar-refractivity contribution in [2.45, 2.75) is 58.8 Å². The van der Waals surface area contributed by atoms with E-state index in [1.807, 2.05) is 18.2 Å². The lowest BCUT2D eigenvalue weighted by Crippen LogP contribution is -2.33. The zero-order chi connectivity index (χ0) is 24.6. The molecule has 1 N–H and O–H groups in total. The van der Waals surface area contributed by atoms with Crippen LogP contribution < -0.4 is 5.32 Å². The second-order valence-corrected chi connectivity index (χ2v) is 11.1. The lowest BCUT2D eigenvalue weighted by atomic mass is 9.69. The molecule has 2 fully saturated rings. The van der Waals surface area contributed by atoms with Crippen molar-refractivity contribution >= 4 is 17.6 Å². The molecule has 2 aliphatic carbocycles. The van der Waals surface area contributed by atoms with Crippen LogP contribution in [0.4, 0.5) is 4.39 Å². The van der Waals surface area contributed by atoms with Crippen LogP contribution in [0.15, 0.2) is 41.6 Å². The van der Waals surface area contributed by atoms with Gasteiger partial charge in [-0.25, -0.2) is 9.18 Å². The molecule has 0 spiro atoms. The summed E-state index contributed by atoms with van der Waals surface area (Å²) in [5.41, 5.74) is 7.78. The second kappa shape index (κ2) is 9.69. The van der Waals surface area contributed by atoms with Crippen LogP contribution in [0.3, 0.4) is 0 Å². The largest absolute Gasteiger partial charge is 0.465 e. The van der Waals surface area contributed by atoms with Crippen LogP contribution in [-0.4, -0.2) is 31.2 Å². The summed E-state index contributed by atoms with van der Waals surface area (Å²) < 4.78 is 20.7. The first kappa shape index (κ1) is 23.9. The number of pyridine rings is 1. The van der Waals surface area contributed by atoms with E-state index in [2.05, 4.69) is 19.2 Å². The molecular formula is C30H35FN2O2. The number of rotatable bonds is 4. The average molecular weight is 475 g/mol. The number of methoxy groups -OCH3 is 1. The van der Waals surface area contributed by atoms with E-state index in [9.17, 15) is 4.79 Å². The maximum atomic E-state index is 15.7. The first-order chi connectivity index (χ1) is 16.8. The van der Waals surface area contributed by atoms with Gasteiger partial charge in [0, 0.05) is 24.9 Å². The van der Waals surface area contributed by atoms with Gasteiger partial charge in [0.2, 0.25) is 0 Å². The predicted octanol–water partition coefficient (Wildman–Crippen LogP) is 6.35. The van der Waals surface area contributed by atoms with E-state index in [1.165, 1.54) is 31.1 Å². The number of esters is 1. The van der Waals surface area contributed by atoms with Crippen molar-refractivity contribution in [1.29, 1.82) is 0 Å². The number of allylic oxidation sites excluding steroid dienone is 1. The van der Waals surface area contributed by atoms with E-state index >= 15 is 4.39 Å². The lowest BCUT2D eigenvalue weighted by molar-refractivity contribution is 0.0600. The van der Waals surface area contributed by atoms with E-state index in [0.29, 0.717) is 22.6 Å². The molecule has 1 aromatic carbocycles. The quantitative estimate of drug-likeness (QED) is 0.525. The Morgan fingerprint density at radius 2 is 1.94 bits per heavy atom. The number of hydrogen-bond acceptors (Lipinski definition) is 4. The zero-order valence-electron chi connectivity index (χ0n) is 21.0. The molecule has 5 rings (SSSR count). The summed E-state index contributed by atoms with van der Waals surface area (Å²) in [6.45, 7) is 6.40. The molecule has 1 saturated carbocycles. The van der Waals surface area contributed by atoms with Gasteiger partial charge < -0.3 is 10.1 Å². The molecule has 0 radical (unpaired) electrons. The maximum absolute atomic E-state index is 15.7. The Morgan fingerprint density at radius 1 is 1.17 bits per heavy atom. The highest BCUT2D eigenvalue weighted by Crippen LogP contribution is 2.46. The number of aryl methyl sites for hydroxylation is 1. The zero-order valence-corrected chi connectivity index (χ0v) is 21.0. The lowest BCUT2D eigenvalue weighted by Gasteiger charge is -2.36. The monoisotopic (exact) mass is 474 g/mol. The van der Waals surface area contributed by atoms with Gasteiger partial charge in [-0.1, -0.05) is 31.6 Å². The molecule has 1 aromatic heterocycles. The van der Waals surface area contributed by atoms with Crippen LogP contribution >= 0.6 is 0 Å². The standard InChI is InChI=1S/C30H35FN2O2/c1-30(2)11-9-21(10-12-30)24-6-4-5-22-15-23(29(34)35-3)7-8-25(22)27(24)28-26(31)14-19(18-33-28)13-20-16-32-17-20/h7-8,13-15,18,21,32H,4-6,9-12,16-17H2,1-3H3. The van der Waals surface area contributed by atoms with Crippen molar-refractivity contribution in [3.8, 4) is 0 Å². The minimum absolute atomic E-state index is 0.278. The van der Waals surface area contributed by atoms with Crippen molar-refractivity contribution in [3.63, 3.8) is 0 Å². The fraction of sp³-hybridized carbons (Fsp3) is 0.467. The van der Waals surface area contributed by atoms with Gasteiger partial charge in [-0.15, -0.1) is 0 Å². The molecule has 184 valence electrons. The van der Waals surface area contributed by atoms with Crippen LogP contribution in [0.25, 0.3) is 11.6 Å². The summed E-state index contributed by atoms with van der Waals surface area (Å²) in [5.74, 6) is -0.182. The molecule has 5 heteroatoms. The molecule has 35 heavy (non-hydrogen) atoms. The third-order valence-electron chi connectivity index (χ3n) is 8.02. The highest BCUT2D eigenvalue weighted by Gasteiger charge is 2.32. The third kappa shape index (κ3) is 4.97. The minimum Gasteiger partial charge on any atom is -0.465 e. The number of aromatic nitrogens is 1. The second-order valence-electron chi connectivity index (χ2n) is 11.1. The van der Waals surface area contributed by atoms with Gasteiger partial charge in [0.05, 0.1) is 12.7 Å². The first-order valence-electron chi connectivity index (χ1n) is 12.9. The number of ether oxygens (including phenoxy) is 1. The van der Waals surface area contributed by atoms with Crippen molar-refractivity contribution in [3.05, 3.63) is 75.4 Å². The third-order valence-corrected chi connectivity index (χ3v) is 8.02. The summed E-state index contributed by atoms with van der Waals surface area (Å²) in [6, 6.07) is 7.33. The molecule has 1 saturated heterocycles. The van der Waals surface area contributed by atoms with E-state index in [-0.39, 0.29) is 11.8 Å². The number of carbonyl (C=O) groups excluding carboxylic acids is 1. The summed E-state index contributed by atoms with van der Waals surface area (Å²) in [6.07, 6.45) is 11.2. The molecular weight excluding hydrogens is 439 g/mol. The summed E-state index contributed by atoms with van der Waals surface area (Å²) in [5, 5.41) is 3.22. The van der Waals surface area contributed by atoms with Gasteiger partial charge >= 0.3 is 5.97 Å². The fourth-order valence-corrected chi connectivity index (χ4v) is 5.81. The Bertz CT molecular complexity index is 1190. The number of nitrogens with one attached hydrogen (secondary N) is 1. The number of halogens is 1. The summed E-state index contributed by atoms with van der Waals surface area (Å²) in [4.78, 5) is 16.9. The van der Waals surface area contributed by atoms with E-state index in [0.717, 1.165) is 67.5 Å². The maximum Gasteiger partial charge on any atom is 0.337 e. The Hall–Kier alpha value is -2.79. The Balaban J connectivity index is 1.63. The van der Waals surface area contributed by atoms with E-state index < -0.39 is 0 Å². The molecule has 4 nitrogen and oxygen atoms in total. The van der Waals surface area contributed by atoms with E-state index in [1.54, 1.807) is 18.3 Å². The Morgan fingerprint density at radius 3 is 2.60 bits per heavy atom. The summed E-state index contributed by atoms with van der Waals surface area (Å²) >= 11 is 0. The Labute approximate surface area is 207 Å².